The van der Waals surface area contributed by atoms with E-state index in [1.165, 1.54) is 0 Å². The van der Waals surface area contributed by atoms with Crippen molar-refractivity contribution in [2.45, 2.75) is 31.8 Å². The van der Waals surface area contributed by atoms with Crippen molar-refractivity contribution in [2.24, 2.45) is 0 Å². The SMILES string of the molecule is COc1ccccc1[C@@H](C)NC(=O)CN1CCC[C@@H]1CO. The lowest BCUT2D eigenvalue weighted by Gasteiger charge is -2.23. The summed E-state index contributed by atoms with van der Waals surface area (Å²) < 4.78 is 5.32. The van der Waals surface area contributed by atoms with Crippen LogP contribution in [0.15, 0.2) is 24.3 Å². The van der Waals surface area contributed by atoms with Crippen LogP contribution in [0.3, 0.4) is 0 Å². The summed E-state index contributed by atoms with van der Waals surface area (Å²) in [6, 6.07) is 7.70. The smallest absolute Gasteiger partial charge is 0.234 e. The lowest BCUT2D eigenvalue weighted by Crippen LogP contribution is -2.41. The minimum Gasteiger partial charge on any atom is -0.496 e. The molecule has 0 saturated carbocycles. The largest absolute Gasteiger partial charge is 0.496 e. The molecule has 0 aliphatic carbocycles. The van der Waals surface area contributed by atoms with Gasteiger partial charge >= 0.3 is 0 Å². The molecule has 2 rings (SSSR count). The van der Waals surface area contributed by atoms with E-state index in [1.54, 1.807) is 7.11 Å². The molecule has 1 amide bonds. The minimum absolute atomic E-state index is 0.0197. The highest BCUT2D eigenvalue weighted by molar-refractivity contribution is 5.78. The molecular weight excluding hydrogens is 268 g/mol. The molecule has 5 heteroatoms. The molecule has 0 spiro atoms. The zero-order valence-electron chi connectivity index (χ0n) is 12.7. The Kier molecular flexibility index (Phi) is 5.59. The van der Waals surface area contributed by atoms with Gasteiger partial charge in [-0.15, -0.1) is 0 Å². The van der Waals surface area contributed by atoms with Crippen molar-refractivity contribution in [1.29, 1.82) is 0 Å². The van der Waals surface area contributed by atoms with Gasteiger partial charge in [-0.05, 0) is 32.4 Å². The van der Waals surface area contributed by atoms with E-state index in [2.05, 4.69) is 5.32 Å². The highest BCUT2D eigenvalue weighted by Crippen LogP contribution is 2.24. The predicted molar refractivity (Wildman–Crippen MR) is 81.2 cm³/mol. The van der Waals surface area contributed by atoms with Gasteiger partial charge in [-0.3, -0.25) is 9.69 Å². The third-order valence-corrected chi connectivity index (χ3v) is 4.04. The van der Waals surface area contributed by atoms with Crippen LogP contribution in [-0.2, 0) is 4.79 Å². The first-order valence-electron chi connectivity index (χ1n) is 7.43. The highest BCUT2D eigenvalue weighted by Gasteiger charge is 2.26. The normalized spacial score (nSPS) is 20.2. The number of carbonyl (C=O) groups excluding carboxylic acids is 1. The fraction of sp³-hybridized carbons (Fsp3) is 0.562. The van der Waals surface area contributed by atoms with Gasteiger partial charge in [0.2, 0.25) is 5.91 Å². The number of rotatable bonds is 6. The van der Waals surface area contributed by atoms with Crippen molar-refractivity contribution >= 4 is 5.91 Å². The number of benzene rings is 1. The summed E-state index contributed by atoms with van der Waals surface area (Å²) in [4.78, 5) is 14.2. The number of methoxy groups -OCH3 is 1. The number of aliphatic hydroxyl groups excluding tert-OH is 1. The van der Waals surface area contributed by atoms with Crippen LogP contribution in [0.2, 0.25) is 0 Å². The maximum Gasteiger partial charge on any atom is 0.234 e. The molecule has 0 unspecified atom stereocenters. The standard InChI is InChI=1S/C16H24N2O3/c1-12(14-7-3-4-8-15(14)21-2)17-16(20)10-18-9-5-6-13(18)11-19/h3-4,7-8,12-13,19H,5-6,9-11H2,1-2H3,(H,17,20)/t12-,13-/m1/s1. The zero-order chi connectivity index (χ0) is 15.2. The highest BCUT2D eigenvalue weighted by atomic mass is 16.5. The van der Waals surface area contributed by atoms with Gasteiger partial charge in [0, 0.05) is 11.6 Å². The lowest BCUT2D eigenvalue weighted by atomic mass is 10.1. The van der Waals surface area contributed by atoms with E-state index >= 15 is 0 Å². The second-order valence-corrected chi connectivity index (χ2v) is 5.48. The number of amides is 1. The molecule has 0 bridgehead atoms. The van der Waals surface area contributed by atoms with Crippen LogP contribution in [0.25, 0.3) is 0 Å². The number of hydrogen-bond donors (Lipinski definition) is 2. The Morgan fingerprint density at radius 3 is 3.00 bits per heavy atom. The Labute approximate surface area is 125 Å². The number of para-hydroxylation sites is 1. The first-order valence-corrected chi connectivity index (χ1v) is 7.43. The van der Waals surface area contributed by atoms with E-state index in [0.717, 1.165) is 30.7 Å². The average molecular weight is 292 g/mol. The fourth-order valence-electron chi connectivity index (χ4n) is 2.88. The molecule has 0 aromatic heterocycles. The van der Waals surface area contributed by atoms with E-state index in [-0.39, 0.29) is 24.6 Å². The van der Waals surface area contributed by atoms with Gasteiger partial charge in [0.25, 0.3) is 0 Å². The molecule has 1 aromatic rings. The lowest BCUT2D eigenvalue weighted by molar-refractivity contribution is -0.123. The van der Waals surface area contributed by atoms with Crippen molar-refractivity contribution in [3.63, 3.8) is 0 Å². The second-order valence-electron chi connectivity index (χ2n) is 5.48. The Bertz CT molecular complexity index is 478. The van der Waals surface area contributed by atoms with Gasteiger partial charge in [0.1, 0.15) is 5.75 Å². The van der Waals surface area contributed by atoms with Gasteiger partial charge in [-0.25, -0.2) is 0 Å². The molecule has 2 N–H and O–H groups in total. The summed E-state index contributed by atoms with van der Waals surface area (Å²) in [6.07, 6.45) is 2.01. The van der Waals surface area contributed by atoms with Crippen molar-refractivity contribution in [2.75, 3.05) is 26.8 Å². The Balaban J connectivity index is 1.93. The zero-order valence-corrected chi connectivity index (χ0v) is 12.7. The number of likely N-dealkylation sites (tertiary alicyclic amines) is 1. The molecule has 116 valence electrons. The fourth-order valence-corrected chi connectivity index (χ4v) is 2.88. The Morgan fingerprint density at radius 2 is 2.29 bits per heavy atom. The molecule has 21 heavy (non-hydrogen) atoms. The number of hydrogen-bond acceptors (Lipinski definition) is 4. The first-order chi connectivity index (χ1) is 10.2. The molecule has 1 heterocycles. The molecule has 2 atom stereocenters. The summed E-state index contributed by atoms with van der Waals surface area (Å²) in [5.74, 6) is 0.758. The number of ether oxygens (including phenoxy) is 1. The van der Waals surface area contributed by atoms with Crippen LogP contribution in [0.5, 0.6) is 5.75 Å². The quantitative estimate of drug-likeness (QED) is 0.830. The van der Waals surface area contributed by atoms with Crippen LogP contribution >= 0.6 is 0 Å². The van der Waals surface area contributed by atoms with Gasteiger partial charge < -0.3 is 15.2 Å². The molecule has 0 radical (unpaired) electrons. The van der Waals surface area contributed by atoms with E-state index < -0.39 is 0 Å². The van der Waals surface area contributed by atoms with Crippen LogP contribution in [0.1, 0.15) is 31.4 Å². The van der Waals surface area contributed by atoms with E-state index in [4.69, 9.17) is 4.74 Å². The van der Waals surface area contributed by atoms with E-state index in [1.807, 2.05) is 36.1 Å². The molecule has 1 fully saturated rings. The minimum atomic E-state index is -0.108. The predicted octanol–water partition coefficient (Wildman–Crippen LogP) is 1.33. The molecule has 5 nitrogen and oxygen atoms in total. The maximum atomic E-state index is 12.2. The van der Waals surface area contributed by atoms with Crippen LogP contribution in [-0.4, -0.2) is 48.8 Å². The topological polar surface area (TPSA) is 61.8 Å². The molecule has 1 aromatic carbocycles. The van der Waals surface area contributed by atoms with Crippen molar-refractivity contribution in [1.82, 2.24) is 10.2 Å². The molecular formula is C16H24N2O3. The first kappa shape index (κ1) is 15.8. The summed E-state index contributed by atoms with van der Waals surface area (Å²) in [6.45, 7) is 3.28. The summed E-state index contributed by atoms with van der Waals surface area (Å²) in [7, 11) is 1.63. The van der Waals surface area contributed by atoms with Gasteiger partial charge in [-0.2, -0.15) is 0 Å². The molecule has 1 aliphatic heterocycles. The number of carbonyl (C=O) groups is 1. The second kappa shape index (κ2) is 7.43. The number of aliphatic hydroxyl groups is 1. The average Bonchev–Trinajstić information content (AvgIpc) is 2.94. The molecule has 1 aliphatic rings. The van der Waals surface area contributed by atoms with Crippen molar-refractivity contribution in [3.8, 4) is 5.75 Å². The summed E-state index contributed by atoms with van der Waals surface area (Å²) in [5, 5.41) is 12.3. The third kappa shape index (κ3) is 3.95. The van der Waals surface area contributed by atoms with E-state index in [0.29, 0.717) is 6.54 Å². The number of nitrogens with one attached hydrogen (secondary N) is 1. The summed E-state index contributed by atoms with van der Waals surface area (Å²) >= 11 is 0. The van der Waals surface area contributed by atoms with Gasteiger partial charge in [-0.1, -0.05) is 18.2 Å². The summed E-state index contributed by atoms with van der Waals surface area (Å²) in [5.41, 5.74) is 0.966. The number of nitrogens with zero attached hydrogens (tertiary/aromatic N) is 1. The van der Waals surface area contributed by atoms with Crippen LogP contribution in [0, 0.1) is 0 Å². The van der Waals surface area contributed by atoms with E-state index in [9.17, 15) is 9.90 Å². The third-order valence-electron chi connectivity index (χ3n) is 4.04. The van der Waals surface area contributed by atoms with Crippen LogP contribution in [0.4, 0.5) is 0 Å². The van der Waals surface area contributed by atoms with Crippen LogP contribution < -0.4 is 10.1 Å². The Hall–Kier alpha value is -1.59. The monoisotopic (exact) mass is 292 g/mol. The Morgan fingerprint density at radius 1 is 1.52 bits per heavy atom. The molecule has 1 saturated heterocycles. The van der Waals surface area contributed by atoms with Crippen molar-refractivity contribution < 1.29 is 14.6 Å². The van der Waals surface area contributed by atoms with Gasteiger partial charge in [0.15, 0.2) is 0 Å². The maximum absolute atomic E-state index is 12.2. The van der Waals surface area contributed by atoms with Gasteiger partial charge in [0.05, 0.1) is 26.3 Å². The van der Waals surface area contributed by atoms with Crippen molar-refractivity contribution in [3.05, 3.63) is 29.8 Å².